The van der Waals surface area contributed by atoms with Crippen molar-refractivity contribution in [1.29, 1.82) is 0 Å². The summed E-state index contributed by atoms with van der Waals surface area (Å²) < 4.78 is 25.8. The Labute approximate surface area is 304 Å². The Morgan fingerprint density at radius 3 is 1.75 bits per heavy atom. The van der Waals surface area contributed by atoms with Crippen molar-refractivity contribution in [2.45, 2.75) is 40.0 Å². The van der Waals surface area contributed by atoms with E-state index in [1.54, 1.807) is 36.4 Å². The summed E-state index contributed by atoms with van der Waals surface area (Å²) in [5.41, 5.74) is 11.3. The van der Waals surface area contributed by atoms with E-state index in [1.165, 1.54) is 12.1 Å². The first-order chi connectivity index (χ1) is 25.2. The molecule has 0 bridgehead atoms. The van der Waals surface area contributed by atoms with Gasteiger partial charge in [-0.15, -0.1) is 0 Å². The predicted molar refractivity (Wildman–Crippen MR) is 200 cm³/mol. The van der Waals surface area contributed by atoms with E-state index in [0.29, 0.717) is 29.8 Å². The van der Waals surface area contributed by atoms with E-state index in [0.717, 1.165) is 22.3 Å². The number of alkyl halides is 1. The number of ether oxygens (including phenoxy) is 2. The Balaban J connectivity index is 0.000000347. The van der Waals surface area contributed by atoms with Crippen molar-refractivity contribution >= 4 is 35.3 Å². The van der Waals surface area contributed by atoms with Crippen molar-refractivity contribution in [2.75, 3.05) is 18.2 Å². The lowest BCUT2D eigenvalue weighted by atomic mass is 10.1. The van der Waals surface area contributed by atoms with Gasteiger partial charge in [0, 0.05) is 18.5 Å². The number of hydrogen-bond donors (Lipinski definition) is 4. The monoisotopic (exact) mass is 710 g/mol. The number of alkyl carbamates (subject to hydrolysis) is 1. The number of carboxylic acids is 1. The molecule has 5 aromatic carbocycles. The highest BCUT2D eigenvalue weighted by atomic mass is 19.1. The summed E-state index contributed by atoms with van der Waals surface area (Å²) >= 11 is 0. The van der Waals surface area contributed by atoms with Crippen LogP contribution in [0, 0.1) is 0 Å². The highest BCUT2D eigenvalue weighted by Gasteiger charge is 2.09. The first-order valence-corrected chi connectivity index (χ1v) is 15.7. The van der Waals surface area contributed by atoms with Gasteiger partial charge in [-0.2, -0.15) is 0 Å². The van der Waals surface area contributed by atoms with Crippen LogP contribution in [0.4, 0.5) is 20.6 Å². The van der Waals surface area contributed by atoms with Crippen LogP contribution in [-0.2, 0) is 40.4 Å². The number of nitrogens with one attached hydrogen (secondary N) is 2. The van der Waals surface area contributed by atoms with Gasteiger partial charge in [0.1, 0.15) is 13.2 Å². The van der Waals surface area contributed by atoms with Gasteiger partial charge in [0.25, 0.3) is 5.91 Å². The standard InChI is InChI=1S/C23H22N2O3.C16H15NO4.CH3F.CH4/c24-20-8-4-5-9-21(20)25-23(27)19-13-10-17(11-14-19)12-15-22(26)28-16-18-6-2-1-3-7-18;18-15(19)14-8-6-12(7-9-14)10-17-16(20)21-11-13-4-2-1-3-5-13;1-2;/h1-11,13-14H,12,15-16,24H2,(H,25,27);1-9H,10-11H2,(H,17,20)(H,18,19);1H3;1H4/i;;1D;. The van der Waals surface area contributed by atoms with Gasteiger partial charge in [-0.3, -0.25) is 14.0 Å². The molecule has 0 atom stereocenters. The summed E-state index contributed by atoms with van der Waals surface area (Å²) in [4.78, 5) is 46.5. The molecule has 52 heavy (non-hydrogen) atoms. The summed E-state index contributed by atoms with van der Waals surface area (Å²) in [5.74, 6) is -1.45. The molecule has 5 rings (SSSR count). The predicted octanol–water partition coefficient (Wildman–Crippen LogP) is 8.23. The van der Waals surface area contributed by atoms with Crippen molar-refractivity contribution in [2.24, 2.45) is 0 Å². The van der Waals surface area contributed by atoms with Crippen LogP contribution in [0.25, 0.3) is 0 Å². The van der Waals surface area contributed by atoms with Crippen LogP contribution in [0.1, 0.15) is 58.2 Å². The highest BCUT2D eigenvalue weighted by Crippen LogP contribution is 2.18. The third kappa shape index (κ3) is 15.0. The molecule has 0 saturated carbocycles. The molecule has 0 saturated heterocycles. The maximum Gasteiger partial charge on any atom is 0.407 e. The van der Waals surface area contributed by atoms with E-state index < -0.39 is 19.2 Å². The molecule has 10 nitrogen and oxygen atoms in total. The SMILES string of the molecule is C.Nc1ccccc1NC(=O)c1ccc(CCC(=O)OCc2ccccc2)cc1.O=C(NCc1ccc(C(=O)O)cc1)OCc1ccccc1.[2H]CF. The third-order valence-corrected chi connectivity index (χ3v) is 7.14. The number of para-hydroxylation sites is 2. The van der Waals surface area contributed by atoms with Crippen LogP contribution < -0.4 is 16.4 Å². The maximum absolute atomic E-state index is 12.3. The molecule has 0 radical (unpaired) electrons. The number of nitrogens with two attached hydrogens (primary N) is 1. The molecule has 272 valence electrons. The average molecular weight is 711 g/mol. The summed E-state index contributed by atoms with van der Waals surface area (Å²) in [6, 6.07) is 39.5. The molecule has 11 heteroatoms. The lowest BCUT2D eigenvalue weighted by Gasteiger charge is -2.08. The molecule has 0 heterocycles. The Hall–Kier alpha value is -6.49. The van der Waals surface area contributed by atoms with Crippen LogP contribution in [-0.4, -0.2) is 36.2 Å². The van der Waals surface area contributed by atoms with Gasteiger partial charge in [-0.05, 0) is 65.1 Å². The molecule has 5 aromatic rings. The van der Waals surface area contributed by atoms with Gasteiger partial charge in [0.05, 0.1) is 25.5 Å². The van der Waals surface area contributed by atoms with Gasteiger partial charge in [0.2, 0.25) is 0 Å². The fraction of sp³-hybridized carbons (Fsp3) is 0.171. The number of nitrogen functional groups attached to an aromatic ring is 1. The number of hydrogen-bond acceptors (Lipinski definition) is 7. The van der Waals surface area contributed by atoms with E-state index in [9.17, 15) is 23.6 Å². The number of benzene rings is 5. The first-order valence-electron chi connectivity index (χ1n) is 16.5. The fourth-order valence-corrected chi connectivity index (χ4v) is 4.40. The lowest BCUT2D eigenvalue weighted by molar-refractivity contribution is -0.144. The number of halogens is 1. The van der Waals surface area contributed by atoms with Gasteiger partial charge >= 0.3 is 18.0 Å². The van der Waals surface area contributed by atoms with Crippen LogP contribution in [0.3, 0.4) is 0 Å². The molecule has 0 fully saturated rings. The number of amides is 2. The molecule has 0 aromatic heterocycles. The number of aromatic carboxylic acids is 1. The minimum atomic E-state index is -1.00. The molecule has 0 aliphatic carbocycles. The number of carbonyl (C=O) groups excluding carboxylic acids is 3. The normalized spacial score (nSPS) is 9.90. The summed E-state index contributed by atoms with van der Waals surface area (Å²) in [5, 5.41) is 14.2. The van der Waals surface area contributed by atoms with Crippen molar-refractivity contribution in [1.82, 2.24) is 5.32 Å². The van der Waals surface area contributed by atoms with Gasteiger partial charge in [0.15, 0.2) is 0 Å². The van der Waals surface area contributed by atoms with Gasteiger partial charge in [-0.25, -0.2) is 9.59 Å². The Bertz CT molecular complexity index is 1840. The van der Waals surface area contributed by atoms with Crippen LogP contribution >= 0.6 is 0 Å². The minimum absolute atomic E-state index is 0. The summed E-state index contributed by atoms with van der Waals surface area (Å²) in [6.07, 6.45) is 0.334. The lowest BCUT2D eigenvalue weighted by Crippen LogP contribution is -2.23. The topological polar surface area (TPSA) is 157 Å². The molecule has 5 N–H and O–H groups in total. The third-order valence-electron chi connectivity index (χ3n) is 7.14. The molecule has 0 aliphatic heterocycles. The molecule has 0 spiro atoms. The summed E-state index contributed by atoms with van der Waals surface area (Å²) in [6.45, 7) is 0.777. The molecule has 0 aliphatic rings. The van der Waals surface area contributed by atoms with E-state index in [-0.39, 0.29) is 44.6 Å². The number of aryl methyl sites for hydroxylation is 1. The van der Waals surface area contributed by atoms with E-state index >= 15 is 0 Å². The highest BCUT2D eigenvalue weighted by molar-refractivity contribution is 6.05. The van der Waals surface area contributed by atoms with Crippen molar-refractivity contribution in [3.63, 3.8) is 0 Å². The smallest absolute Gasteiger partial charge is 0.407 e. The Kier molecular flexibility index (Phi) is 17.7. The largest absolute Gasteiger partial charge is 0.478 e. The van der Waals surface area contributed by atoms with Crippen LogP contribution in [0.2, 0.25) is 0 Å². The second-order valence-corrected chi connectivity index (χ2v) is 10.8. The Morgan fingerprint density at radius 1 is 0.692 bits per heavy atom. The maximum atomic E-state index is 12.3. The average Bonchev–Trinajstić information content (AvgIpc) is 3.17. The van der Waals surface area contributed by atoms with Crippen molar-refractivity contribution in [3.8, 4) is 0 Å². The molecule has 2 amide bonds. The Morgan fingerprint density at radius 2 is 1.19 bits per heavy atom. The molecule has 0 unspecified atom stereocenters. The zero-order valence-electron chi connectivity index (χ0n) is 28.8. The van der Waals surface area contributed by atoms with E-state index in [4.69, 9.17) is 21.7 Å². The fourth-order valence-electron chi connectivity index (χ4n) is 4.40. The van der Waals surface area contributed by atoms with E-state index in [2.05, 4.69) is 10.6 Å². The quantitative estimate of drug-likeness (QED) is 0.0745. The second-order valence-electron chi connectivity index (χ2n) is 10.8. The number of esters is 1. The van der Waals surface area contributed by atoms with Gasteiger partial charge < -0.3 is 30.9 Å². The number of anilines is 2. The van der Waals surface area contributed by atoms with Crippen LogP contribution in [0.5, 0.6) is 0 Å². The number of carbonyl (C=O) groups is 4. The molecular formula is C41H44FN3O7. The van der Waals surface area contributed by atoms with Gasteiger partial charge in [-0.1, -0.05) is 104 Å². The second kappa shape index (κ2) is 23.0. The first kappa shape index (κ1) is 39.9. The minimum Gasteiger partial charge on any atom is -0.478 e. The number of carboxylic acid groups (broad SMARTS) is 1. The zero-order chi connectivity index (χ0) is 37.6. The summed E-state index contributed by atoms with van der Waals surface area (Å²) in [7, 11) is -1.00. The van der Waals surface area contributed by atoms with Crippen molar-refractivity contribution < 1.29 is 39.5 Å². The van der Waals surface area contributed by atoms with E-state index in [1.807, 2.05) is 84.9 Å². The van der Waals surface area contributed by atoms with Crippen LogP contribution in [0.15, 0.2) is 133 Å². The zero-order valence-corrected chi connectivity index (χ0v) is 27.8. The van der Waals surface area contributed by atoms with Crippen molar-refractivity contribution in [3.05, 3.63) is 167 Å². The molecular weight excluding hydrogens is 665 g/mol. The number of rotatable bonds is 12.